The number of hydrogen-bond donors (Lipinski definition) is 2. The van der Waals surface area contributed by atoms with Crippen molar-refractivity contribution in [2.45, 2.75) is 32.2 Å². The van der Waals surface area contributed by atoms with Gasteiger partial charge in [-0.05, 0) is 42.8 Å². The molecule has 1 amide bonds. The molecule has 1 aliphatic rings. The smallest absolute Gasteiger partial charge is 0.272 e. The molecule has 1 aliphatic carbocycles. The van der Waals surface area contributed by atoms with Gasteiger partial charge in [0.05, 0.1) is 6.54 Å². The number of amides is 1. The van der Waals surface area contributed by atoms with Crippen LogP contribution in [0.1, 0.15) is 45.4 Å². The monoisotopic (exact) mass is 261 g/mol. The van der Waals surface area contributed by atoms with Gasteiger partial charge >= 0.3 is 0 Å². The summed E-state index contributed by atoms with van der Waals surface area (Å²) in [7, 11) is 0. The van der Waals surface area contributed by atoms with Crippen LogP contribution in [0.5, 0.6) is 0 Å². The van der Waals surface area contributed by atoms with E-state index in [-0.39, 0.29) is 5.91 Å². The van der Waals surface area contributed by atoms with E-state index in [1.807, 2.05) is 11.4 Å². The highest BCUT2D eigenvalue weighted by Gasteiger charge is 2.26. The number of nitrogens with one attached hydrogen (secondary N) is 2. The molecule has 2 heterocycles. The lowest BCUT2D eigenvalue weighted by molar-refractivity contribution is 0.0946. The fourth-order valence-corrected chi connectivity index (χ4v) is 2.74. The van der Waals surface area contributed by atoms with Crippen molar-refractivity contribution in [2.75, 3.05) is 0 Å². The van der Waals surface area contributed by atoms with Gasteiger partial charge < -0.3 is 5.32 Å². The highest BCUT2D eigenvalue weighted by molar-refractivity contribution is 7.10. The molecule has 0 saturated heterocycles. The van der Waals surface area contributed by atoms with Crippen molar-refractivity contribution in [1.29, 1.82) is 0 Å². The van der Waals surface area contributed by atoms with E-state index in [1.54, 1.807) is 11.3 Å². The highest BCUT2D eigenvalue weighted by Crippen LogP contribution is 2.38. The molecule has 0 aromatic carbocycles. The van der Waals surface area contributed by atoms with Gasteiger partial charge in [0.2, 0.25) is 0 Å². The first-order valence-corrected chi connectivity index (χ1v) is 6.98. The van der Waals surface area contributed by atoms with E-state index in [1.165, 1.54) is 23.3 Å². The molecule has 0 spiro atoms. The predicted molar refractivity (Wildman–Crippen MR) is 70.8 cm³/mol. The summed E-state index contributed by atoms with van der Waals surface area (Å²) in [5, 5.41) is 12.0. The topological polar surface area (TPSA) is 57.8 Å². The molecule has 1 saturated carbocycles. The third-order valence-corrected chi connectivity index (χ3v) is 4.25. The van der Waals surface area contributed by atoms with Crippen LogP contribution in [-0.2, 0) is 6.54 Å². The first kappa shape index (κ1) is 11.5. The van der Waals surface area contributed by atoms with E-state index in [0.29, 0.717) is 18.2 Å². The Morgan fingerprint density at radius 1 is 1.61 bits per heavy atom. The second-order valence-electron chi connectivity index (χ2n) is 4.69. The quantitative estimate of drug-likeness (QED) is 0.888. The molecule has 0 radical (unpaired) electrons. The summed E-state index contributed by atoms with van der Waals surface area (Å²) in [6.07, 6.45) is 2.41. The Morgan fingerprint density at radius 2 is 2.44 bits per heavy atom. The second kappa shape index (κ2) is 4.57. The Kier molecular flexibility index (Phi) is 2.91. The number of H-pyrrole nitrogens is 1. The molecule has 1 fully saturated rings. The Hall–Kier alpha value is -1.62. The van der Waals surface area contributed by atoms with E-state index >= 15 is 0 Å². The Labute approximate surface area is 109 Å². The second-order valence-corrected chi connectivity index (χ2v) is 5.69. The van der Waals surface area contributed by atoms with Gasteiger partial charge in [-0.15, -0.1) is 11.3 Å². The van der Waals surface area contributed by atoms with Crippen LogP contribution in [-0.4, -0.2) is 16.1 Å². The average Bonchev–Trinajstić information content (AvgIpc) is 2.95. The van der Waals surface area contributed by atoms with Gasteiger partial charge in [0, 0.05) is 16.5 Å². The molecule has 2 aromatic heterocycles. The van der Waals surface area contributed by atoms with Crippen molar-refractivity contribution in [3.63, 3.8) is 0 Å². The maximum Gasteiger partial charge on any atom is 0.272 e. The van der Waals surface area contributed by atoms with Crippen molar-refractivity contribution < 1.29 is 4.79 Å². The van der Waals surface area contributed by atoms with Crippen molar-refractivity contribution in [1.82, 2.24) is 15.5 Å². The minimum atomic E-state index is -0.106. The van der Waals surface area contributed by atoms with Gasteiger partial charge in [-0.3, -0.25) is 9.89 Å². The van der Waals surface area contributed by atoms with E-state index < -0.39 is 0 Å². The van der Waals surface area contributed by atoms with E-state index in [9.17, 15) is 4.79 Å². The number of hydrogen-bond acceptors (Lipinski definition) is 3. The maximum absolute atomic E-state index is 11.9. The average molecular weight is 261 g/mol. The van der Waals surface area contributed by atoms with E-state index in [4.69, 9.17) is 0 Å². The molecule has 5 heteroatoms. The number of thiophene rings is 1. The van der Waals surface area contributed by atoms with Crippen LogP contribution in [0.15, 0.2) is 17.5 Å². The number of aromatic nitrogens is 2. The molecule has 0 unspecified atom stereocenters. The lowest BCUT2D eigenvalue weighted by atomic mass is 10.2. The Bertz CT molecular complexity index is 568. The standard InChI is InChI=1S/C13H15N3OS/c1-8-4-5-18-12(8)7-14-13(17)11-6-10(15-16-11)9-2-3-9/h4-6,9H,2-3,7H2,1H3,(H,14,17)(H,15,16). The molecule has 2 aromatic rings. The number of rotatable bonds is 4. The largest absolute Gasteiger partial charge is 0.346 e. The summed E-state index contributed by atoms with van der Waals surface area (Å²) in [4.78, 5) is 13.1. The van der Waals surface area contributed by atoms with Crippen LogP contribution in [0.2, 0.25) is 0 Å². The predicted octanol–water partition coefficient (Wildman–Crippen LogP) is 2.59. The van der Waals surface area contributed by atoms with E-state index in [0.717, 1.165) is 5.69 Å². The molecule has 18 heavy (non-hydrogen) atoms. The minimum Gasteiger partial charge on any atom is -0.346 e. The third kappa shape index (κ3) is 2.31. The van der Waals surface area contributed by atoms with E-state index in [2.05, 4.69) is 28.5 Å². The summed E-state index contributed by atoms with van der Waals surface area (Å²) in [6, 6.07) is 3.93. The van der Waals surface area contributed by atoms with Crippen molar-refractivity contribution in [3.8, 4) is 0 Å². The van der Waals surface area contributed by atoms with Crippen LogP contribution in [0.25, 0.3) is 0 Å². The first-order valence-electron chi connectivity index (χ1n) is 6.10. The van der Waals surface area contributed by atoms with Crippen LogP contribution in [0.4, 0.5) is 0 Å². The Balaban J connectivity index is 1.62. The van der Waals surface area contributed by atoms with Gasteiger partial charge in [-0.1, -0.05) is 0 Å². The molecular weight excluding hydrogens is 246 g/mol. The lowest BCUT2D eigenvalue weighted by Gasteiger charge is -2.01. The normalized spacial score (nSPS) is 14.7. The summed E-state index contributed by atoms with van der Waals surface area (Å²) < 4.78 is 0. The molecule has 3 rings (SSSR count). The zero-order valence-electron chi connectivity index (χ0n) is 10.2. The van der Waals surface area contributed by atoms with Crippen LogP contribution >= 0.6 is 11.3 Å². The summed E-state index contributed by atoms with van der Waals surface area (Å²) in [5.74, 6) is 0.490. The van der Waals surface area contributed by atoms with Crippen molar-refractivity contribution in [2.24, 2.45) is 0 Å². The molecule has 4 nitrogen and oxygen atoms in total. The van der Waals surface area contributed by atoms with Gasteiger partial charge in [-0.2, -0.15) is 5.10 Å². The van der Waals surface area contributed by atoms with Gasteiger partial charge in [0.1, 0.15) is 5.69 Å². The number of nitrogens with zero attached hydrogens (tertiary/aromatic N) is 1. The highest BCUT2D eigenvalue weighted by atomic mass is 32.1. The molecule has 0 atom stereocenters. The number of carbonyl (C=O) groups excluding carboxylic acids is 1. The molecule has 94 valence electrons. The van der Waals surface area contributed by atoms with Crippen LogP contribution in [0.3, 0.4) is 0 Å². The minimum absolute atomic E-state index is 0.106. The van der Waals surface area contributed by atoms with Gasteiger partial charge in [0.15, 0.2) is 0 Å². The molecule has 0 aliphatic heterocycles. The SMILES string of the molecule is Cc1ccsc1CNC(=O)c1cc(C2CC2)[nH]n1. The number of carbonyl (C=O) groups is 1. The third-order valence-electron chi connectivity index (χ3n) is 3.23. The van der Waals surface area contributed by atoms with Crippen molar-refractivity contribution >= 4 is 17.2 Å². The zero-order valence-corrected chi connectivity index (χ0v) is 11.0. The number of aromatic amines is 1. The molecule has 0 bridgehead atoms. The summed E-state index contributed by atoms with van der Waals surface area (Å²) >= 11 is 1.66. The van der Waals surface area contributed by atoms with Crippen molar-refractivity contribution in [3.05, 3.63) is 39.3 Å². The van der Waals surface area contributed by atoms with Crippen LogP contribution in [0, 0.1) is 6.92 Å². The maximum atomic E-state index is 11.9. The van der Waals surface area contributed by atoms with Gasteiger partial charge in [0.25, 0.3) is 5.91 Å². The Morgan fingerprint density at radius 3 is 3.11 bits per heavy atom. The fourth-order valence-electron chi connectivity index (χ4n) is 1.89. The number of aryl methyl sites for hydroxylation is 1. The zero-order chi connectivity index (χ0) is 12.5. The molecular formula is C13H15N3OS. The molecule has 2 N–H and O–H groups in total. The summed E-state index contributed by atoms with van der Waals surface area (Å²) in [5.41, 5.74) is 2.81. The fraction of sp³-hybridized carbons (Fsp3) is 0.385. The van der Waals surface area contributed by atoms with Gasteiger partial charge in [-0.25, -0.2) is 0 Å². The lowest BCUT2D eigenvalue weighted by Crippen LogP contribution is -2.22. The first-order chi connectivity index (χ1) is 8.74. The van der Waals surface area contributed by atoms with Crippen LogP contribution < -0.4 is 5.32 Å². The summed E-state index contributed by atoms with van der Waals surface area (Å²) in [6.45, 7) is 2.63.